The lowest BCUT2D eigenvalue weighted by Gasteiger charge is -2.22. The minimum Gasteiger partial charge on any atom is -0.481 e. The van der Waals surface area contributed by atoms with E-state index in [9.17, 15) is 0 Å². The summed E-state index contributed by atoms with van der Waals surface area (Å²) >= 11 is 2.05. The highest BCUT2D eigenvalue weighted by Gasteiger charge is 2.12. The van der Waals surface area contributed by atoms with Crippen LogP contribution in [0.2, 0.25) is 0 Å². The van der Waals surface area contributed by atoms with Crippen molar-refractivity contribution in [2.75, 3.05) is 18.6 Å². The van der Waals surface area contributed by atoms with Crippen LogP contribution in [0.1, 0.15) is 18.5 Å². The van der Waals surface area contributed by atoms with Gasteiger partial charge in [0, 0.05) is 18.7 Å². The van der Waals surface area contributed by atoms with Gasteiger partial charge in [-0.05, 0) is 30.4 Å². The molecule has 1 fully saturated rings. The van der Waals surface area contributed by atoms with Gasteiger partial charge in [0.05, 0.1) is 12.8 Å². The average molecular weight is 238 g/mol. The zero-order valence-electron chi connectivity index (χ0n) is 9.61. The molecule has 0 spiro atoms. The third-order valence-electron chi connectivity index (χ3n) is 2.78. The van der Waals surface area contributed by atoms with E-state index in [4.69, 9.17) is 4.74 Å². The van der Waals surface area contributed by atoms with Crippen molar-refractivity contribution >= 4 is 11.8 Å². The topological polar surface area (TPSA) is 34.1 Å². The fraction of sp³-hybridized carbons (Fsp3) is 0.583. The molecule has 16 heavy (non-hydrogen) atoms. The molecule has 2 heterocycles. The van der Waals surface area contributed by atoms with Crippen molar-refractivity contribution in [3.63, 3.8) is 0 Å². The largest absolute Gasteiger partial charge is 0.481 e. The Bertz CT molecular complexity index is 327. The van der Waals surface area contributed by atoms with E-state index in [1.807, 2.05) is 18.2 Å². The first kappa shape index (κ1) is 11.7. The van der Waals surface area contributed by atoms with Gasteiger partial charge in [0.25, 0.3) is 0 Å². The molecule has 0 aromatic carbocycles. The highest BCUT2D eigenvalue weighted by molar-refractivity contribution is 7.99. The summed E-state index contributed by atoms with van der Waals surface area (Å²) in [6.07, 6.45) is 2.54. The maximum Gasteiger partial charge on any atom is 0.213 e. The van der Waals surface area contributed by atoms with E-state index in [1.54, 1.807) is 7.11 Å². The van der Waals surface area contributed by atoms with Crippen molar-refractivity contribution in [1.82, 2.24) is 10.3 Å². The van der Waals surface area contributed by atoms with Gasteiger partial charge >= 0.3 is 0 Å². The van der Waals surface area contributed by atoms with E-state index in [0.717, 1.165) is 12.2 Å². The molecule has 1 aliphatic rings. The van der Waals surface area contributed by atoms with Gasteiger partial charge in [-0.15, -0.1) is 0 Å². The minimum atomic E-state index is 0.661. The number of hydrogen-bond donors (Lipinski definition) is 1. The Hall–Kier alpha value is -0.740. The van der Waals surface area contributed by atoms with Gasteiger partial charge in [0.15, 0.2) is 0 Å². The molecule has 2 rings (SSSR count). The van der Waals surface area contributed by atoms with Crippen LogP contribution in [0.15, 0.2) is 18.2 Å². The molecular formula is C12H18N2OS. The summed E-state index contributed by atoms with van der Waals surface area (Å²) in [5.41, 5.74) is 1.05. The van der Waals surface area contributed by atoms with E-state index < -0.39 is 0 Å². The fourth-order valence-electron chi connectivity index (χ4n) is 1.82. The van der Waals surface area contributed by atoms with Gasteiger partial charge in [0.2, 0.25) is 5.88 Å². The second-order valence-electron chi connectivity index (χ2n) is 3.94. The molecule has 0 radical (unpaired) electrons. The highest BCUT2D eigenvalue weighted by atomic mass is 32.2. The molecular weight excluding hydrogens is 220 g/mol. The van der Waals surface area contributed by atoms with Crippen molar-refractivity contribution in [3.05, 3.63) is 23.9 Å². The number of hydrogen-bond acceptors (Lipinski definition) is 4. The Kier molecular flexibility index (Phi) is 4.48. The Labute approximate surface area is 101 Å². The van der Waals surface area contributed by atoms with E-state index in [-0.39, 0.29) is 0 Å². The van der Waals surface area contributed by atoms with Crippen LogP contribution in [0.3, 0.4) is 0 Å². The van der Waals surface area contributed by atoms with E-state index >= 15 is 0 Å². The molecule has 0 aliphatic carbocycles. The lowest BCUT2D eigenvalue weighted by Crippen LogP contribution is -2.32. The Balaban J connectivity index is 1.83. The molecule has 88 valence electrons. The van der Waals surface area contributed by atoms with Gasteiger partial charge in [-0.3, -0.25) is 0 Å². The first-order chi connectivity index (χ1) is 7.88. The second-order valence-corrected chi connectivity index (χ2v) is 5.16. The maximum absolute atomic E-state index is 5.10. The maximum atomic E-state index is 5.10. The molecule has 0 atom stereocenters. The fourth-order valence-corrected chi connectivity index (χ4v) is 2.93. The van der Waals surface area contributed by atoms with E-state index in [1.165, 1.54) is 24.3 Å². The molecule has 0 unspecified atom stereocenters. The summed E-state index contributed by atoms with van der Waals surface area (Å²) in [6, 6.07) is 6.56. The third-order valence-corrected chi connectivity index (χ3v) is 3.83. The second kappa shape index (κ2) is 6.11. The summed E-state index contributed by atoms with van der Waals surface area (Å²) in [6.45, 7) is 0.840. The first-order valence-corrected chi connectivity index (χ1v) is 6.85. The van der Waals surface area contributed by atoms with Crippen LogP contribution in [0.4, 0.5) is 0 Å². The minimum absolute atomic E-state index is 0.661. The monoisotopic (exact) mass is 238 g/mol. The van der Waals surface area contributed by atoms with Crippen LogP contribution in [0.5, 0.6) is 5.88 Å². The SMILES string of the molecule is COc1cccc(CNC2CCSCC2)n1. The van der Waals surface area contributed by atoms with Crippen molar-refractivity contribution in [1.29, 1.82) is 0 Å². The molecule has 3 nitrogen and oxygen atoms in total. The first-order valence-electron chi connectivity index (χ1n) is 5.69. The number of nitrogens with one attached hydrogen (secondary N) is 1. The summed E-state index contributed by atoms with van der Waals surface area (Å²) in [4.78, 5) is 4.39. The summed E-state index contributed by atoms with van der Waals surface area (Å²) < 4.78 is 5.10. The van der Waals surface area contributed by atoms with Crippen LogP contribution < -0.4 is 10.1 Å². The van der Waals surface area contributed by atoms with E-state index in [0.29, 0.717) is 11.9 Å². The smallest absolute Gasteiger partial charge is 0.213 e. The number of pyridine rings is 1. The quantitative estimate of drug-likeness (QED) is 0.871. The number of methoxy groups -OCH3 is 1. The summed E-state index contributed by atoms with van der Waals surface area (Å²) in [7, 11) is 1.65. The van der Waals surface area contributed by atoms with Crippen LogP contribution in [0, 0.1) is 0 Å². The van der Waals surface area contributed by atoms with Crippen molar-refractivity contribution in [2.24, 2.45) is 0 Å². The average Bonchev–Trinajstić information content (AvgIpc) is 2.38. The number of ether oxygens (including phenoxy) is 1. The van der Waals surface area contributed by atoms with Crippen molar-refractivity contribution < 1.29 is 4.74 Å². The van der Waals surface area contributed by atoms with Crippen LogP contribution in [-0.2, 0) is 6.54 Å². The number of thioether (sulfide) groups is 1. The normalized spacial score (nSPS) is 17.3. The molecule has 1 saturated heterocycles. The summed E-state index contributed by atoms with van der Waals surface area (Å²) in [5, 5.41) is 3.56. The molecule has 0 saturated carbocycles. The molecule has 0 bridgehead atoms. The number of rotatable bonds is 4. The molecule has 0 amide bonds. The molecule has 1 aromatic heterocycles. The van der Waals surface area contributed by atoms with Crippen LogP contribution in [0.25, 0.3) is 0 Å². The number of nitrogens with zero attached hydrogens (tertiary/aromatic N) is 1. The van der Waals surface area contributed by atoms with Gasteiger partial charge in [-0.2, -0.15) is 11.8 Å². The predicted molar refractivity (Wildman–Crippen MR) is 68.0 cm³/mol. The van der Waals surface area contributed by atoms with Gasteiger partial charge in [-0.1, -0.05) is 6.07 Å². The van der Waals surface area contributed by atoms with Gasteiger partial charge < -0.3 is 10.1 Å². The number of aromatic nitrogens is 1. The predicted octanol–water partition coefficient (Wildman–Crippen LogP) is 2.08. The standard InChI is InChI=1S/C12H18N2OS/c1-15-12-4-2-3-11(14-12)9-13-10-5-7-16-8-6-10/h2-4,10,13H,5-9H2,1H3. The van der Waals surface area contributed by atoms with Gasteiger partial charge in [0.1, 0.15) is 0 Å². The Morgan fingerprint density at radius 1 is 1.44 bits per heavy atom. The van der Waals surface area contributed by atoms with Crippen molar-refractivity contribution in [3.8, 4) is 5.88 Å². The Morgan fingerprint density at radius 2 is 2.25 bits per heavy atom. The Morgan fingerprint density at radius 3 is 3.00 bits per heavy atom. The highest BCUT2D eigenvalue weighted by Crippen LogP contribution is 2.17. The molecule has 1 aromatic rings. The third kappa shape index (κ3) is 3.39. The van der Waals surface area contributed by atoms with Gasteiger partial charge in [-0.25, -0.2) is 4.98 Å². The lowest BCUT2D eigenvalue weighted by atomic mass is 10.1. The lowest BCUT2D eigenvalue weighted by molar-refractivity contribution is 0.394. The van der Waals surface area contributed by atoms with Crippen molar-refractivity contribution in [2.45, 2.75) is 25.4 Å². The zero-order chi connectivity index (χ0) is 11.2. The molecule has 1 aliphatic heterocycles. The molecule has 4 heteroatoms. The molecule has 1 N–H and O–H groups in total. The van der Waals surface area contributed by atoms with Crippen LogP contribution in [-0.4, -0.2) is 29.6 Å². The van der Waals surface area contributed by atoms with E-state index in [2.05, 4.69) is 22.1 Å². The van der Waals surface area contributed by atoms with Crippen LogP contribution >= 0.6 is 11.8 Å². The zero-order valence-corrected chi connectivity index (χ0v) is 10.4. The summed E-state index contributed by atoms with van der Waals surface area (Å²) in [5.74, 6) is 3.25.